The van der Waals surface area contributed by atoms with Gasteiger partial charge in [0.2, 0.25) is 0 Å². The Balaban J connectivity index is 1.59. The Labute approximate surface area is 167 Å². The third kappa shape index (κ3) is 3.60. The minimum Gasteiger partial charge on any atom is -0.280 e. The van der Waals surface area contributed by atoms with E-state index in [1.54, 1.807) is 35.6 Å². The Morgan fingerprint density at radius 1 is 1.04 bits per heavy atom. The molecule has 0 saturated heterocycles. The summed E-state index contributed by atoms with van der Waals surface area (Å²) in [7, 11) is -3.76. The second-order valence-corrected chi connectivity index (χ2v) is 9.03. The normalized spacial score (nSPS) is 11.3. The van der Waals surface area contributed by atoms with Crippen LogP contribution in [0.25, 0.3) is 20.8 Å². The van der Waals surface area contributed by atoms with Crippen LogP contribution in [0.15, 0.2) is 71.6 Å². The number of hydrogen-bond donors (Lipinski definition) is 1. The van der Waals surface area contributed by atoms with E-state index in [1.165, 1.54) is 17.7 Å². The molecule has 0 saturated carbocycles. The van der Waals surface area contributed by atoms with Crippen molar-refractivity contribution in [2.75, 3.05) is 4.72 Å². The highest BCUT2D eigenvalue weighted by atomic mass is 32.2. The SMILES string of the molecule is Cc1ccc2nc(-c3ccc(NS(=O)(=O)c4cccc(C#N)c4)cc3)sc2c1. The fourth-order valence-electron chi connectivity index (χ4n) is 2.78. The van der Waals surface area contributed by atoms with Crippen LogP contribution in [0.3, 0.4) is 0 Å². The highest BCUT2D eigenvalue weighted by Gasteiger charge is 2.15. The highest BCUT2D eigenvalue weighted by molar-refractivity contribution is 7.92. The summed E-state index contributed by atoms with van der Waals surface area (Å²) in [4.78, 5) is 4.70. The molecule has 0 atom stereocenters. The number of aryl methyl sites for hydroxylation is 1. The van der Waals surface area contributed by atoms with Gasteiger partial charge in [-0.3, -0.25) is 4.72 Å². The van der Waals surface area contributed by atoms with Crippen molar-refractivity contribution in [2.45, 2.75) is 11.8 Å². The van der Waals surface area contributed by atoms with Gasteiger partial charge in [0.15, 0.2) is 0 Å². The van der Waals surface area contributed by atoms with E-state index in [-0.39, 0.29) is 4.90 Å². The smallest absolute Gasteiger partial charge is 0.261 e. The molecule has 1 aromatic heterocycles. The highest BCUT2D eigenvalue weighted by Crippen LogP contribution is 2.31. The Kier molecular flexibility index (Phi) is 4.59. The first-order valence-electron chi connectivity index (χ1n) is 8.45. The zero-order valence-electron chi connectivity index (χ0n) is 14.9. The Hall–Kier alpha value is -3.21. The average Bonchev–Trinajstić information content (AvgIpc) is 3.11. The molecule has 28 heavy (non-hydrogen) atoms. The molecule has 0 aliphatic rings. The van der Waals surface area contributed by atoms with Crippen LogP contribution in [-0.4, -0.2) is 13.4 Å². The summed E-state index contributed by atoms with van der Waals surface area (Å²) in [6.07, 6.45) is 0. The van der Waals surface area contributed by atoms with Crippen LogP contribution in [0.5, 0.6) is 0 Å². The molecule has 4 aromatic rings. The van der Waals surface area contributed by atoms with Gasteiger partial charge in [0.1, 0.15) is 5.01 Å². The topological polar surface area (TPSA) is 82.8 Å². The van der Waals surface area contributed by atoms with Crippen molar-refractivity contribution in [1.82, 2.24) is 4.98 Å². The van der Waals surface area contributed by atoms with Gasteiger partial charge in [-0.05, 0) is 67.1 Å². The molecule has 4 rings (SSSR count). The van der Waals surface area contributed by atoms with Gasteiger partial charge < -0.3 is 0 Å². The van der Waals surface area contributed by atoms with Gasteiger partial charge in [-0.1, -0.05) is 12.1 Å². The molecule has 0 spiro atoms. The molecule has 0 bridgehead atoms. The van der Waals surface area contributed by atoms with Crippen molar-refractivity contribution in [2.24, 2.45) is 0 Å². The number of nitrogens with one attached hydrogen (secondary N) is 1. The lowest BCUT2D eigenvalue weighted by atomic mass is 10.2. The summed E-state index contributed by atoms with van der Waals surface area (Å²) < 4.78 is 28.8. The van der Waals surface area contributed by atoms with E-state index in [9.17, 15) is 8.42 Å². The quantitative estimate of drug-likeness (QED) is 0.521. The van der Waals surface area contributed by atoms with Gasteiger partial charge in [-0.2, -0.15) is 5.26 Å². The van der Waals surface area contributed by atoms with Crippen LogP contribution in [0.2, 0.25) is 0 Å². The fraction of sp³-hybridized carbons (Fsp3) is 0.0476. The monoisotopic (exact) mass is 405 g/mol. The van der Waals surface area contributed by atoms with Crippen LogP contribution < -0.4 is 4.72 Å². The Morgan fingerprint density at radius 2 is 1.82 bits per heavy atom. The van der Waals surface area contributed by atoms with Gasteiger partial charge >= 0.3 is 0 Å². The van der Waals surface area contributed by atoms with Crippen molar-refractivity contribution in [3.63, 3.8) is 0 Å². The number of sulfonamides is 1. The Bertz CT molecular complexity index is 1320. The van der Waals surface area contributed by atoms with Crippen molar-refractivity contribution < 1.29 is 8.42 Å². The summed E-state index contributed by atoms with van der Waals surface area (Å²) in [6, 6.07) is 21.1. The summed E-state index contributed by atoms with van der Waals surface area (Å²) in [5.74, 6) is 0. The number of benzene rings is 3. The number of hydrogen-bond acceptors (Lipinski definition) is 5. The van der Waals surface area contributed by atoms with E-state index in [2.05, 4.69) is 15.8 Å². The number of thiazole rings is 1. The molecule has 0 unspecified atom stereocenters. The first-order valence-corrected chi connectivity index (χ1v) is 10.8. The van der Waals surface area contributed by atoms with E-state index in [0.29, 0.717) is 11.3 Å². The number of nitriles is 1. The zero-order chi connectivity index (χ0) is 19.7. The van der Waals surface area contributed by atoms with E-state index in [0.717, 1.165) is 20.8 Å². The lowest BCUT2D eigenvalue weighted by molar-refractivity contribution is 0.601. The fourth-order valence-corrected chi connectivity index (χ4v) is 4.96. The number of anilines is 1. The zero-order valence-corrected chi connectivity index (χ0v) is 16.5. The van der Waals surface area contributed by atoms with Crippen LogP contribution in [-0.2, 0) is 10.0 Å². The van der Waals surface area contributed by atoms with E-state index >= 15 is 0 Å². The van der Waals surface area contributed by atoms with E-state index < -0.39 is 10.0 Å². The maximum Gasteiger partial charge on any atom is 0.261 e. The van der Waals surface area contributed by atoms with Crippen LogP contribution >= 0.6 is 11.3 Å². The van der Waals surface area contributed by atoms with Crippen molar-refractivity contribution in [3.05, 3.63) is 77.9 Å². The average molecular weight is 406 g/mol. The second kappa shape index (κ2) is 7.08. The molecule has 0 amide bonds. The Morgan fingerprint density at radius 3 is 2.57 bits per heavy atom. The standard InChI is InChI=1S/C21H15N3O2S2/c1-14-5-10-19-20(11-14)27-21(23-19)16-6-8-17(9-7-16)24-28(25,26)18-4-2-3-15(12-18)13-22/h2-12,24H,1H3. The van der Waals surface area contributed by atoms with Crippen molar-refractivity contribution >= 4 is 37.3 Å². The molecule has 0 fully saturated rings. The van der Waals surface area contributed by atoms with Crippen LogP contribution in [0, 0.1) is 18.3 Å². The number of aromatic nitrogens is 1. The van der Waals surface area contributed by atoms with Gasteiger partial charge in [-0.15, -0.1) is 11.3 Å². The maximum absolute atomic E-state index is 12.5. The predicted octanol–water partition coefficient (Wildman–Crippen LogP) is 4.94. The van der Waals surface area contributed by atoms with Gasteiger partial charge in [0.25, 0.3) is 10.0 Å². The minimum atomic E-state index is -3.76. The molecule has 0 radical (unpaired) electrons. The summed E-state index contributed by atoms with van der Waals surface area (Å²) in [5.41, 5.74) is 3.81. The first-order chi connectivity index (χ1) is 13.4. The molecule has 5 nitrogen and oxygen atoms in total. The molecule has 1 N–H and O–H groups in total. The number of fused-ring (bicyclic) bond motifs is 1. The summed E-state index contributed by atoms with van der Waals surface area (Å²) >= 11 is 1.60. The largest absolute Gasteiger partial charge is 0.280 e. The molecule has 0 aliphatic carbocycles. The van der Waals surface area contributed by atoms with E-state index in [4.69, 9.17) is 5.26 Å². The first kappa shape index (κ1) is 18.2. The van der Waals surface area contributed by atoms with Gasteiger partial charge in [0, 0.05) is 11.3 Å². The number of rotatable bonds is 4. The minimum absolute atomic E-state index is 0.0529. The number of nitrogens with zero attached hydrogens (tertiary/aromatic N) is 2. The van der Waals surface area contributed by atoms with Crippen LogP contribution in [0.4, 0.5) is 5.69 Å². The maximum atomic E-state index is 12.5. The third-order valence-electron chi connectivity index (χ3n) is 4.20. The summed E-state index contributed by atoms with van der Waals surface area (Å²) in [5, 5.41) is 9.84. The molecule has 7 heteroatoms. The molecular formula is C21H15N3O2S2. The molecule has 0 aliphatic heterocycles. The summed E-state index contributed by atoms with van der Waals surface area (Å²) in [6.45, 7) is 2.05. The van der Waals surface area contributed by atoms with Crippen LogP contribution in [0.1, 0.15) is 11.1 Å². The van der Waals surface area contributed by atoms with Crippen molar-refractivity contribution in [3.8, 4) is 16.6 Å². The van der Waals surface area contributed by atoms with Gasteiger partial charge in [0.05, 0.1) is 26.7 Å². The van der Waals surface area contributed by atoms with Gasteiger partial charge in [-0.25, -0.2) is 13.4 Å². The second-order valence-electron chi connectivity index (χ2n) is 6.31. The van der Waals surface area contributed by atoms with E-state index in [1.807, 2.05) is 37.3 Å². The lowest BCUT2D eigenvalue weighted by Crippen LogP contribution is -2.12. The van der Waals surface area contributed by atoms with Crippen molar-refractivity contribution in [1.29, 1.82) is 5.26 Å². The molecular weight excluding hydrogens is 390 g/mol. The third-order valence-corrected chi connectivity index (χ3v) is 6.65. The molecule has 3 aromatic carbocycles. The molecule has 1 heterocycles. The lowest BCUT2D eigenvalue weighted by Gasteiger charge is -2.08. The predicted molar refractivity (Wildman–Crippen MR) is 112 cm³/mol. The molecule has 138 valence electrons.